The summed E-state index contributed by atoms with van der Waals surface area (Å²) >= 11 is 0. The maximum Gasteiger partial charge on any atom is 0.144 e. The van der Waals surface area contributed by atoms with Crippen molar-refractivity contribution in [3.05, 3.63) is 46.8 Å². The molecule has 4 heteroatoms. The molecule has 1 aromatic heterocycles. The Morgan fingerprint density at radius 3 is 2.95 bits per heavy atom. The first kappa shape index (κ1) is 13.7. The lowest BCUT2D eigenvalue weighted by atomic mass is 9.93. The van der Waals surface area contributed by atoms with Gasteiger partial charge in [-0.1, -0.05) is 6.07 Å². The standard InChI is InChI=1S/C17H19N3O/c1-11-9-13-14(19)6-4-7-15(13)20(11)17-12(10-18)5-3-8-16(17)21-2/h3,5,8-9,14H,4,6-7,19H2,1-2H3. The van der Waals surface area contributed by atoms with Crippen LogP contribution >= 0.6 is 0 Å². The number of hydrogen-bond donors (Lipinski definition) is 1. The zero-order valence-electron chi connectivity index (χ0n) is 12.4. The lowest BCUT2D eigenvalue weighted by Crippen LogP contribution is -2.18. The van der Waals surface area contributed by atoms with E-state index in [9.17, 15) is 5.26 Å². The lowest BCUT2D eigenvalue weighted by Gasteiger charge is -2.22. The van der Waals surface area contributed by atoms with Gasteiger partial charge in [-0.25, -0.2) is 0 Å². The van der Waals surface area contributed by atoms with Crippen molar-refractivity contribution in [1.29, 1.82) is 5.26 Å². The second kappa shape index (κ2) is 5.27. The van der Waals surface area contributed by atoms with Crippen LogP contribution in [-0.4, -0.2) is 11.7 Å². The molecule has 1 atom stereocenters. The van der Waals surface area contributed by atoms with Gasteiger partial charge < -0.3 is 15.0 Å². The number of ether oxygens (including phenoxy) is 1. The van der Waals surface area contributed by atoms with Crippen LogP contribution in [0.4, 0.5) is 0 Å². The largest absolute Gasteiger partial charge is 0.495 e. The van der Waals surface area contributed by atoms with Gasteiger partial charge in [-0.15, -0.1) is 0 Å². The SMILES string of the molecule is COc1cccc(C#N)c1-n1c(C)cc2c1CCCC2N. The molecule has 2 N–H and O–H groups in total. The molecule has 1 aromatic carbocycles. The first-order valence-electron chi connectivity index (χ1n) is 7.21. The number of methoxy groups -OCH3 is 1. The molecule has 0 amide bonds. The number of aryl methyl sites for hydroxylation is 1. The van der Waals surface area contributed by atoms with Crippen molar-refractivity contribution in [2.75, 3.05) is 7.11 Å². The van der Waals surface area contributed by atoms with E-state index in [4.69, 9.17) is 10.5 Å². The molecule has 0 bridgehead atoms. The van der Waals surface area contributed by atoms with Crippen LogP contribution < -0.4 is 10.5 Å². The molecular formula is C17H19N3O. The summed E-state index contributed by atoms with van der Waals surface area (Å²) in [4.78, 5) is 0. The average molecular weight is 281 g/mol. The fourth-order valence-corrected chi connectivity index (χ4v) is 3.26. The Hall–Kier alpha value is -2.25. The topological polar surface area (TPSA) is 64.0 Å². The van der Waals surface area contributed by atoms with E-state index in [-0.39, 0.29) is 6.04 Å². The summed E-state index contributed by atoms with van der Waals surface area (Å²) in [5.74, 6) is 0.717. The van der Waals surface area contributed by atoms with Gasteiger partial charge in [-0.05, 0) is 49.9 Å². The Bertz CT molecular complexity index is 724. The fraction of sp³-hybridized carbons (Fsp3) is 0.353. The van der Waals surface area contributed by atoms with E-state index in [1.54, 1.807) is 7.11 Å². The Morgan fingerprint density at radius 1 is 1.43 bits per heavy atom. The van der Waals surface area contributed by atoms with Crippen LogP contribution in [0, 0.1) is 18.3 Å². The molecule has 21 heavy (non-hydrogen) atoms. The minimum absolute atomic E-state index is 0.0916. The first-order valence-corrected chi connectivity index (χ1v) is 7.21. The number of nitrogens with zero attached hydrogens (tertiary/aromatic N) is 2. The molecule has 0 saturated carbocycles. The van der Waals surface area contributed by atoms with Crippen molar-refractivity contribution in [3.63, 3.8) is 0 Å². The van der Waals surface area contributed by atoms with Crippen LogP contribution in [0.2, 0.25) is 0 Å². The summed E-state index contributed by atoms with van der Waals surface area (Å²) in [5.41, 5.74) is 11.2. The van der Waals surface area contributed by atoms with Gasteiger partial charge in [0.15, 0.2) is 0 Å². The highest BCUT2D eigenvalue weighted by atomic mass is 16.5. The lowest BCUT2D eigenvalue weighted by molar-refractivity contribution is 0.412. The van der Waals surface area contributed by atoms with Gasteiger partial charge in [0.25, 0.3) is 0 Å². The third-order valence-electron chi connectivity index (χ3n) is 4.21. The molecule has 0 fully saturated rings. The van der Waals surface area contributed by atoms with E-state index in [1.807, 2.05) is 18.2 Å². The maximum absolute atomic E-state index is 9.44. The molecule has 2 aromatic rings. The predicted molar refractivity (Wildman–Crippen MR) is 81.6 cm³/mol. The molecule has 1 aliphatic rings. The molecule has 1 heterocycles. The maximum atomic E-state index is 9.44. The number of aromatic nitrogens is 1. The average Bonchev–Trinajstić information content (AvgIpc) is 2.83. The minimum atomic E-state index is 0.0916. The van der Waals surface area contributed by atoms with Gasteiger partial charge >= 0.3 is 0 Å². The fourth-order valence-electron chi connectivity index (χ4n) is 3.26. The van der Waals surface area contributed by atoms with Crippen molar-refractivity contribution in [2.45, 2.75) is 32.2 Å². The monoisotopic (exact) mass is 281 g/mol. The van der Waals surface area contributed by atoms with Crippen LogP contribution in [0.1, 0.15) is 41.4 Å². The molecule has 0 aliphatic heterocycles. The molecule has 1 unspecified atom stereocenters. The summed E-state index contributed by atoms with van der Waals surface area (Å²) in [7, 11) is 1.64. The highest BCUT2D eigenvalue weighted by Gasteiger charge is 2.25. The quantitative estimate of drug-likeness (QED) is 0.920. The molecule has 0 spiro atoms. The molecular weight excluding hydrogens is 262 g/mol. The minimum Gasteiger partial charge on any atom is -0.495 e. The van der Waals surface area contributed by atoms with E-state index in [2.05, 4.69) is 23.6 Å². The van der Waals surface area contributed by atoms with E-state index in [1.165, 1.54) is 11.3 Å². The van der Waals surface area contributed by atoms with E-state index in [0.717, 1.165) is 36.4 Å². The van der Waals surface area contributed by atoms with E-state index < -0.39 is 0 Å². The Morgan fingerprint density at radius 2 is 2.24 bits per heavy atom. The van der Waals surface area contributed by atoms with Crippen molar-refractivity contribution in [1.82, 2.24) is 4.57 Å². The molecule has 0 radical (unpaired) electrons. The molecule has 3 rings (SSSR count). The first-order chi connectivity index (χ1) is 10.2. The molecule has 108 valence electrons. The number of hydrogen-bond acceptors (Lipinski definition) is 3. The van der Waals surface area contributed by atoms with Crippen molar-refractivity contribution in [2.24, 2.45) is 5.73 Å². The molecule has 1 aliphatic carbocycles. The van der Waals surface area contributed by atoms with Gasteiger partial charge in [-0.3, -0.25) is 0 Å². The van der Waals surface area contributed by atoms with Crippen molar-refractivity contribution in [3.8, 4) is 17.5 Å². The highest BCUT2D eigenvalue weighted by Crippen LogP contribution is 2.36. The third kappa shape index (κ3) is 2.10. The van der Waals surface area contributed by atoms with Gasteiger partial charge in [0.1, 0.15) is 17.5 Å². The zero-order chi connectivity index (χ0) is 15.0. The normalized spacial score (nSPS) is 17.1. The van der Waals surface area contributed by atoms with E-state index >= 15 is 0 Å². The zero-order valence-corrected chi connectivity index (χ0v) is 12.4. The van der Waals surface area contributed by atoms with Gasteiger partial charge in [0, 0.05) is 17.4 Å². The number of nitrogens with two attached hydrogens (primary N) is 1. The highest BCUT2D eigenvalue weighted by molar-refractivity contribution is 5.60. The number of nitriles is 1. The molecule has 4 nitrogen and oxygen atoms in total. The molecule has 0 saturated heterocycles. The Kier molecular flexibility index (Phi) is 3.44. The number of rotatable bonds is 2. The summed E-state index contributed by atoms with van der Waals surface area (Å²) < 4.78 is 7.63. The Balaban J connectivity index is 2.30. The third-order valence-corrected chi connectivity index (χ3v) is 4.21. The predicted octanol–water partition coefficient (Wildman–Crippen LogP) is 3.00. The van der Waals surface area contributed by atoms with Gasteiger partial charge in [0.05, 0.1) is 12.7 Å². The van der Waals surface area contributed by atoms with Crippen LogP contribution in [0.5, 0.6) is 5.75 Å². The smallest absolute Gasteiger partial charge is 0.144 e. The summed E-state index contributed by atoms with van der Waals surface area (Å²) in [5, 5.41) is 9.44. The van der Waals surface area contributed by atoms with Crippen LogP contribution in [-0.2, 0) is 6.42 Å². The second-order valence-corrected chi connectivity index (χ2v) is 5.49. The number of fused-ring (bicyclic) bond motifs is 1. The van der Waals surface area contributed by atoms with E-state index in [0.29, 0.717) is 5.56 Å². The van der Waals surface area contributed by atoms with Crippen molar-refractivity contribution < 1.29 is 4.74 Å². The summed E-state index contributed by atoms with van der Waals surface area (Å²) in [6.45, 7) is 2.05. The van der Waals surface area contributed by atoms with Crippen LogP contribution in [0.3, 0.4) is 0 Å². The Labute approximate surface area is 124 Å². The second-order valence-electron chi connectivity index (χ2n) is 5.49. The van der Waals surface area contributed by atoms with Gasteiger partial charge in [0.2, 0.25) is 0 Å². The van der Waals surface area contributed by atoms with Crippen LogP contribution in [0.15, 0.2) is 24.3 Å². The van der Waals surface area contributed by atoms with Gasteiger partial charge in [-0.2, -0.15) is 5.26 Å². The number of benzene rings is 1. The number of para-hydroxylation sites is 1. The van der Waals surface area contributed by atoms with Crippen LogP contribution in [0.25, 0.3) is 5.69 Å². The summed E-state index contributed by atoms with van der Waals surface area (Å²) in [6, 6.07) is 10.1. The van der Waals surface area contributed by atoms with Crippen molar-refractivity contribution >= 4 is 0 Å². The summed E-state index contributed by atoms with van der Waals surface area (Å²) in [6.07, 6.45) is 3.09.